The number of aliphatic imine (C=N–C) groups is 1. The molecule has 0 heterocycles. The highest BCUT2D eigenvalue weighted by Crippen LogP contribution is 2.32. The maximum Gasteiger partial charge on any atom is 0.162 e. The van der Waals surface area contributed by atoms with Gasteiger partial charge in [-0.25, -0.2) is 0 Å². The van der Waals surface area contributed by atoms with E-state index in [1.165, 1.54) is 11.1 Å². The van der Waals surface area contributed by atoms with E-state index in [1.807, 2.05) is 32.2 Å². The molecule has 0 radical (unpaired) electrons. The first-order valence-electron chi connectivity index (χ1n) is 11.3. The third kappa shape index (κ3) is 6.29. The Morgan fingerprint density at radius 2 is 1.97 bits per heavy atom. The number of benzene rings is 1. The number of Topliss-reactive ketones (excluding diaryl/α,β-unsaturated/α-hetero) is 1. The van der Waals surface area contributed by atoms with Gasteiger partial charge in [-0.2, -0.15) is 0 Å². The Kier molecular flexibility index (Phi) is 9.79. The molecule has 0 saturated heterocycles. The van der Waals surface area contributed by atoms with Gasteiger partial charge in [0.25, 0.3) is 0 Å². The summed E-state index contributed by atoms with van der Waals surface area (Å²) in [5, 5.41) is 0. The van der Waals surface area contributed by atoms with Crippen molar-refractivity contribution >= 4 is 11.5 Å². The Labute approximate surface area is 182 Å². The number of allylic oxidation sites excluding steroid dienone is 6. The zero-order valence-corrected chi connectivity index (χ0v) is 19.3. The zero-order chi connectivity index (χ0) is 21.9. The van der Waals surface area contributed by atoms with E-state index >= 15 is 0 Å². The number of hydrogen-bond acceptors (Lipinski definition) is 3. The van der Waals surface area contributed by atoms with Gasteiger partial charge in [0.1, 0.15) is 5.75 Å². The highest BCUT2D eigenvalue weighted by Gasteiger charge is 2.16. The Hall–Kier alpha value is -2.42. The van der Waals surface area contributed by atoms with Crippen LogP contribution in [0.1, 0.15) is 77.2 Å². The van der Waals surface area contributed by atoms with Gasteiger partial charge >= 0.3 is 0 Å². The minimum absolute atomic E-state index is 0.232. The van der Waals surface area contributed by atoms with Crippen LogP contribution in [-0.4, -0.2) is 25.7 Å². The normalized spacial score (nSPS) is 15.6. The summed E-state index contributed by atoms with van der Waals surface area (Å²) in [4.78, 5) is 17.2. The van der Waals surface area contributed by atoms with Crippen LogP contribution in [0.25, 0.3) is 0 Å². The van der Waals surface area contributed by atoms with Crippen molar-refractivity contribution in [2.24, 2.45) is 4.99 Å². The summed E-state index contributed by atoms with van der Waals surface area (Å²) >= 11 is 0. The lowest BCUT2D eigenvalue weighted by Gasteiger charge is -2.18. The predicted octanol–water partition coefficient (Wildman–Crippen LogP) is 7.00. The number of ether oxygens (including phenoxy) is 1. The van der Waals surface area contributed by atoms with Crippen LogP contribution >= 0.6 is 0 Å². The van der Waals surface area contributed by atoms with Crippen molar-refractivity contribution in [2.75, 3.05) is 14.2 Å². The number of nitrogens with zero attached hydrogens (tertiary/aromatic N) is 1. The van der Waals surface area contributed by atoms with Gasteiger partial charge in [-0.1, -0.05) is 56.2 Å². The minimum atomic E-state index is 0.232. The van der Waals surface area contributed by atoms with Crippen molar-refractivity contribution in [3.63, 3.8) is 0 Å². The molecule has 1 atom stereocenters. The van der Waals surface area contributed by atoms with Crippen LogP contribution in [-0.2, 0) is 4.79 Å². The molecule has 30 heavy (non-hydrogen) atoms. The molecule has 0 aromatic heterocycles. The summed E-state index contributed by atoms with van der Waals surface area (Å²) in [6, 6.07) is 8.28. The van der Waals surface area contributed by atoms with Gasteiger partial charge in [0.15, 0.2) is 5.78 Å². The Balaban J connectivity index is 1.98. The van der Waals surface area contributed by atoms with Gasteiger partial charge < -0.3 is 4.74 Å². The van der Waals surface area contributed by atoms with E-state index in [4.69, 9.17) is 4.74 Å². The second-order valence-corrected chi connectivity index (χ2v) is 7.90. The van der Waals surface area contributed by atoms with Gasteiger partial charge in [-0.3, -0.25) is 9.79 Å². The Morgan fingerprint density at radius 3 is 2.63 bits per heavy atom. The van der Waals surface area contributed by atoms with Crippen LogP contribution in [0.2, 0.25) is 0 Å². The molecule has 1 aliphatic carbocycles. The zero-order valence-electron chi connectivity index (χ0n) is 19.3. The topological polar surface area (TPSA) is 38.7 Å². The summed E-state index contributed by atoms with van der Waals surface area (Å²) in [7, 11) is 3.55. The van der Waals surface area contributed by atoms with Crippen molar-refractivity contribution in [1.29, 1.82) is 0 Å². The number of methoxy groups -OCH3 is 1. The lowest BCUT2D eigenvalue weighted by molar-refractivity contribution is -0.115. The summed E-state index contributed by atoms with van der Waals surface area (Å²) in [6.45, 7) is 6.41. The smallest absolute Gasteiger partial charge is 0.162 e. The van der Waals surface area contributed by atoms with Crippen LogP contribution in [0.15, 0.2) is 64.2 Å². The largest absolute Gasteiger partial charge is 0.496 e. The molecule has 0 aliphatic heterocycles. The average Bonchev–Trinajstić information content (AvgIpc) is 3.01. The minimum Gasteiger partial charge on any atom is -0.496 e. The Bertz CT molecular complexity index is 842. The predicted molar refractivity (Wildman–Crippen MR) is 128 cm³/mol. The quantitative estimate of drug-likeness (QED) is 0.292. The molecule has 0 amide bonds. The second kappa shape index (κ2) is 12.3. The molecule has 2 rings (SSSR count). The number of rotatable bonds is 11. The molecule has 1 aliphatic rings. The van der Waals surface area contributed by atoms with E-state index < -0.39 is 0 Å². The van der Waals surface area contributed by atoms with E-state index in [0.29, 0.717) is 12.3 Å². The Morgan fingerprint density at radius 1 is 1.20 bits per heavy atom. The first kappa shape index (κ1) is 23.9. The lowest BCUT2D eigenvalue weighted by Crippen LogP contribution is -2.05. The van der Waals surface area contributed by atoms with Crippen molar-refractivity contribution in [2.45, 2.75) is 71.6 Å². The monoisotopic (exact) mass is 407 g/mol. The van der Waals surface area contributed by atoms with Gasteiger partial charge in [-0.05, 0) is 68.2 Å². The van der Waals surface area contributed by atoms with E-state index in [9.17, 15) is 4.79 Å². The first-order valence-corrected chi connectivity index (χ1v) is 11.3. The molecule has 1 aromatic rings. The third-order valence-corrected chi connectivity index (χ3v) is 6.09. The number of ketones is 1. The van der Waals surface area contributed by atoms with Crippen molar-refractivity contribution in [1.82, 2.24) is 0 Å². The van der Waals surface area contributed by atoms with Gasteiger partial charge in [0.2, 0.25) is 0 Å². The summed E-state index contributed by atoms with van der Waals surface area (Å²) < 4.78 is 5.54. The van der Waals surface area contributed by atoms with E-state index in [0.717, 1.165) is 61.1 Å². The van der Waals surface area contributed by atoms with Crippen LogP contribution in [0.5, 0.6) is 5.75 Å². The average molecular weight is 408 g/mol. The van der Waals surface area contributed by atoms with E-state index in [2.05, 4.69) is 43.1 Å². The van der Waals surface area contributed by atoms with Crippen LogP contribution in [0, 0.1) is 0 Å². The van der Waals surface area contributed by atoms with Crippen LogP contribution < -0.4 is 4.74 Å². The maximum absolute atomic E-state index is 12.9. The highest BCUT2D eigenvalue weighted by molar-refractivity contribution is 6.05. The number of carbonyl (C=O) groups is 1. The number of para-hydroxylation sites is 1. The molecule has 0 saturated carbocycles. The molecule has 0 spiro atoms. The SMILES string of the molecule is CCC1=C(C(C)=NC)C=C(C(=O)CCCCC(CC)c2ccccc2OC)C=CC1. The van der Waals surface area contributed by atoms with Crippen LogP contribution in [0.3, 0.4) is 0 Å². The van der Waals surface area contributed by atoms with Crippen molar-refractivity contribution < 1.29 is 9.53 Å². The summed E-state index contributed by atoms with van der Waals surface area (Å²) in [6.07, 6.45) is 12.7. The van der Waals surface area contributed by atoms with Gasteiger partial charge in [0.05, 0.1) is 7.11 Å². The molecular formula is C27H37NO2. The highest BCUT2D eigenvalue weighted by atomic mass is 16.5. The summed E-state index contributed by atoms with van der Waals surface area (Å²) in [5.74, 6) is 1.67. The molecule has 1 unspecified atom stereocenters. The molecule has 162 valence electrons. The standard InChI is InChI=1S/C27H37NO2/c1-6-21(24-16-9-11-18-27(24)30-5)13-8-10-17-26(29)23-15-12-14-22(7-2)25(19-23)20(3)28-4/h9,11-12,15-16,18-19,21H,6-8,10,13-14,17H2,1-5H3. The fraction of sp³-hybridized carbons (Fsp3) is 0.481. The molecule has 1 aromatic carbocycles. The number of carbonyl (C=O) groups excluding carboxylic acids is 1. The van der Waals surface area contributed by atoms with Gasteiger partial charge in [-0.15, -0.1) is 0 Å². The first-order chi connectivity index (χ1) is 14.5. The van der Waals surface area contributed by atoms with Crippen LogP contribution in [0.4, 0.5) is 0 Å². The number of unbranched alkanes of at least 4 members (excludes halogenated alkanes) is 1. The molecule has 0 N–H and O–H groups in total. The molecular weight excluding hydrogens is 370 g/mol. The third-order valence-electron chi connectivity index (χ3n) is 6.09. The van der Waals surface area contributed by atoms with Crippen molar-refractivity contribution in [3.05, 3.63) is 64.8 Å². The fourth-order valence-electron chi connectivity index (χ4n) is 4.14. The fourth-order valence-corrected chi connectivity index (χ4v) is 4.14. The molecule has 0 bridgehead atoms. The number of hydrogen-bond donors (Lipinski definition) is 0. The lowest BCUT2D eigenvalue weighted by atomic mass is 9.90. The van der Waals surface area contributed by atoms with Crippen molar-refractivity contribution in [3.8, 4) is 5.75 Å². The molecule has 0 fully saturated rings. The van der Waals surface area contributed by atoms with E-state index in [1.54, 1.807) is 7.11 Å². The molecule has 3 nitrogen and oxygen atoms in total. The molecule has 3 heteroatoms. The maximum atomic E-state index is 12.9. The van der Waals surface area contributed by atoms with Gasteiger partial charge in [0, 0.05) is 24.8 Å². The second-order valence-electron chi connectivity index (χ2n) is 7.90. The van der Waals surface area contributed by atoms with E-state index in [-0.39, 0.29) is 5.78 Å². The summed E-state index contributed by atoms with van der Waals surface area (Å²) in [5.41, 5.74) is 5.58.